The van der Waals surface area contributed by atoms with Crippen LogP contribution in [0.1, 0.15) is 43.2 Å². The summed E-state index contributed by atoms with van der Waals surface area (Å²) in [5.41, 5.74) is 1.21. The zero-order valence-electron chi connectivity index (χ0n) is 10.2. The van der Waals surface area contributed by atoms with Crippen molar-refractivity contribution in [1.29, 1.82) is 0 Å². The van der Waals surface area contributed by atoms with Gasteiger partial charge in [0.05, 0.1) is 0 Å². The van der Waals surface area contributed by atoms with Crippen LogP contribution < -0.4 is 5.32 Å². The minimum Gasteiger partial charge on any atom is -0.316 e. The monoisotopic (exact) mass is 239 g/mol. The van der Waals surface area contributed by atoms with Crippen LogP contribution in [0.15, 0.2) is 24.3 Å². The highest BCUT2D eigenvalue weighted by Crippen LogP contribution is 2.34. The molecule has 1 aromatic rings. The van der Waals surface area contributed by atoms with E-state index < -0.39 is 5.92 Å². The maximum atomic E-state index is 13.8. The van der Waals surface area contributed by atoms with Gasteiger partial charge in [0, 0.05) is 18.5 Å². The molecule has 1 aliphatic rings. The molecule has 17 heavy (non-hydrogen) atoms. The zero-order chi connectivity index (χ0) is 12.3. The van der Waals surface area contributed by atoms with E-state index >= 15 is 0 Å². The summed E-state index contributed by atoms with van der Waals surface area (Å²) >= 11 is 0. The number of hydrogen-bond donors (Lipinski definition) is 1. The molecule has 1 atom stereocenters. The van der Waals surface area contributed by atoms with E-state index in [4.69, 9.17) is 0 Å². The summed E-state index contributed by atoms with van der Waals surface area (Å²) in [4.78, 5) is 0. The molecule has 0 bridgehead atoms. The highest BCUT2D eigenvalue weighted by Gasteiger charge is 2.30. The van der Waals surface area contributed by atoms with Crippen molar-refractivity contribution in [3.63, 3.8) is 0 Å². The Balaban J connectivity index is 2.21. The van der Waals surface area contributed by atoms with Gasteiger partial charge in [0.15, 0.2) is 0 Å². The first kappa shape index (κ1) is 12.5. The molecule has 1 N–H and O–H groups in total. The van der Waals surface area contributed by atoms with E-state index in [1.54, 1.807) is 25.1 Å². The van der Waals surface area contributed by atoms with Crippen molar-refractivity contribution in [2.45, 2.75) is 38.0 Å². The standard InChI is InChI=1S/C14H19F2N/c1-2-7-14(15,16)13-5-3-4-11(9-13)12-6-8-17-10-12/h3-5,9,12,17H,2,6-8,10H2,1H3. The molecule has 2 rings (SSSR count). The van der Waals surface area contributed by atoms with Crippen molar-refractivity contribution < 1.29 is 8.78 Å². The van der Waals surface area contributed by atoms with Gasteiger partial charge in [-0.1, -0.05) is 31.5 Å². The Morgan fingerprint density at radius 2 is 2.24 bits per heavy atom. The number of rotatable bonds is 4. The molecule has 1 aliphatic heterocycles. The van der Waals surface area contributed by atoms with Crippen molar-refractivity contribution in [3.8, 4) is 0 Å². The fraction of sp³-hybridized carbons (Fsp3) is 0.571. The predicted molar refractivity (Wildman–Crippen MR) is 65.5 cm³/mol. The van der Waals surface area contributed by atoms with Gasteiger partial charge in [0.2, 0.25) is 0 Å². The summed E-state index contributed by atoms with van der Waals surface area (Å²) < 4.78 is 27.6. The van der Waals surface area contributed by atoms with E-state index in [0.717, 1.165) is 25.1 Å². The summed E-state index contributed by atoms with van der Waals surface area (Å²) in [7, 11) is 0. The Morgan fingerprint density at radius 3 is 2.88 bits per heavy atom. The van der Waals surface area contributed by atoms with Gasteiger partial charge in [0.25, 0.3) is 5.92 Å². The molecule has 0 spiro atoms. The topological polar surface area (TPSA) is 12.0 Å². The van der Waals surface area contributed by atoms with E-state index in [0.29, 0.717) is 12.3 Å². The van der Waals surface area contributed by atoms with Crippen molar-refractivity contribution in [1.82, 2.24) is 5.32 Å². The summed E-state index contributed by atoms with van der Waals surface area (Å²) in [6.45, 7) is 3.68. The first-order valence-corrected chi connectivity index (χ1v) is 6.32. The molecule has 1 heterocycles. The Labute approximate surface area is 101 Å². The molecule has 0 saturated carbocycles. The maximum Gasteiger partial charge on any atom is 0.273 e. The van der Waals surface area contributed by atoms with Crippen LogP contribution in [-0.4, -0.2) is 13.1 Å². The largest absolute Gasteiger partial charge is 0.316 e. The molecule has 1 unspecified atom stereocenters. The van der Waals surface area contributed by atoms with Crippen LogP contribution in [0.5, 0.6) is 0 Å². The molecule has 0 aromatic heterocycles. The van der Waals surface area contributed by atoms with Crippen LogP contribution in [0.25, 0.3) is 0 Å². The number of benzene rings is 1. The second-order valence-electron chi connectivity index (χ2n) is 4.77. The van der Waals surface area contributed by atoms with Crippen LogP contribution in [0, 0.1) is 0 Å². The molecule has 1 saturated heterocycles. The Hall–Kier alpha value is -0.960. The average molecular weight is 239 g/mol. The highest BCUT2D eigenvalue weighted by molar-refractivity contribution is 5.30. The van der Waals surface area contributed by atoms with E-state index in [1.807, 2.05) is 6.07 Å². The predicted octanol–water partition coefficient (Wildman–Crippen LogP) is 3.66. The third-order valence-electron chi connectivity index (χ3n) is 3.40. The molecule has 1 aromatic carbocycles. The number of halogens is 2. The van der Waals surface area contributed by atoms with Crippen molar-refractivity contribution in [2.75, 3.05) is 13.1 Å². The second kappa shape index (κ2) is 5.13. The maximum absolute atomic E-state index is 13.8. The van der Waals surface area contributed by atoms with Gasteiger partial charge in [-0.05, 0) is 30.5 Å². The van der Waals surface area contributed by atoms with Crippen molar-refractivity contribution in [3.05, 3.63) is 35.4 Å². The highest BCUT2D eigenvalue weighted by atomic mass is 19.3. The smallest absolute Gasteiger partial charge is 0.273 e. The minimum atomic E-state index is -2.68. The van der Waals surface area contributed by atoms with Gasteiger partial charge < -0.3 is 5.32 Å². The fourth-order valence-corrected chi connectivity index (χ4v) is 2.42. The summed E-state index contributed by atoms with van der Waals surface area (Å²) in [6.07, 6.45) is 1.48. The molecular formula is C14H19F2N. The first-order chi connectivity index (χ1) is 8.13. The summed E-state index contributed by atoms with van der Waals surface area (Å²) in [5, 5.41) is 3.27. The second-order valence-corrected chi connectivity index (χ2v) is 4.77. The average Bonchev–Trinajstić information content (AvgIpc) is 2.82. The molecule has 3 heteroatoms. The molecule has 0 aliphatic carbocycles. The molecule has 0 radical (unpaired) electrons. The third-order valence-corrected chi connectivity index (χ3v) is 3.40. The number of nitrogens with one attached hydrogen (secondary N) is 1. The van der Waals surface area contributed by atoms with Crippen molar-refractivity contribution >= 4 is 0 Å². The SMILES string of the molecule is CCCC(F)(F)c1cccc(C2CCNC2)c1. The van der Waals surface area contributed by atoms with Crippen molar-refractivity contribution in [2.24, 2.45) is 0 Å². The summed E-state index contributed by atoms with van der Waals surface area (Å²) in [5.74, 6) is -2.29. The fourth-order valence-electron chi connectivity index (χ4n) is 2.42. The van der Waals surface area contributed by atoms with E-state index in [-0.39, 0.29) is 12.0 Å². The van der Waals surface area contributed by atoms with Crippen LogP contribution >= 0.6 is 0 Å². The molecule has 1 nitrogen and oxygen atoms in total. The first-order valence-electron chi connectivity index (χ1n) is 6.32. The lowest BCUT2D eigenvalue weighted by Gasteiger charge is -2.18. The normalized spacial score (nSPS) is 20.8. The lowest BCUT2D eigenvalue weighted by Crippen LogP contribution is -2.14. The molecular weight excluding hydrogens is 220 g/mol. The van der Waals surface area contributed by atoms with Gasteiger partial charge in [-0.25, -0.2) is 8.78 Å². The van der Waals surface area contributed by atoms with Gasteiger partial charge >= 0.3 is 0 Å². The van der Waals surface area contributed by atoms with Crippen LogP contribution in [-0.2, 0) is 5.92 Å². The molecule has 94 valence electrons. The van der Waals surface area contributed by atoms with Crippen LogP contribution in [0.3, 0.4) is 0 Å². The van der Waals surface area contributed by atoms with E-state index in [9.17, 15) is 8.78 Å². The Kier molecular flexibility index (Phi) is 3.77. The number of alkyl halides is 2. The Bertz CT molecular complexity index is 370. The lowest BCUT2D eigenvalue weighted by atomic mass is 9.94. The van der Waals surface area contributed by atoms with Crippen LogP contribution in [0.4, 0.5) is 8.78 Å². The molecule has 0 amide bonds. The quantitative estimate of drug-likeness (QED) is 0.845. The Morgan fingerprint density at radius 1 is 1.41 bits per heavy atom. The minimum absolute atomic E-state index is 0.0701. The third kappa shape index (κ3) is 2.83. The van der Waals surface area contributed by atoms with Gasteiger partial charge in [0.1, 0.15) is 0 Å². The lowest BCUT2D eigenvalue weighted by molar-refractivity contribution is -0.0141. The van der Waals surface area contributed by atoms with Gasteiger partial charge in [-0.3, -0.25) is 0 Å². The van der Waals surface area contributed by atoms with Gasteiger partial charge in [-0.15, -0.1) is 0 Å². The summed E-state index contributed by atoms with van der Waals surface area (Å²) in [6, 6.07) is 6.95. The zero-order valence-corrected chi connectivity index (χ0v) is 10.2. The van der Waals surface area contributed by atoms with Crippen LogP contribution in [0.2, 0.25) is 0 Å². The molecule has 1 fully saturated rings. The van der Waals surface area contributed by atoms with Gasteiger partial charge in [-0.2, -0.15) is 0 Å². The van der Waals surface area contributed by atoms with E-state index in [1.165, 1.54) is 0 Å². The number of hydrogen-bond acceptors (Lipinski definition) is 1. The van der Waals surface area contributed by atoms with E-state index in [2.05, 4.69) is 5.32 Å².